The number of nitrogens with zero attached hydrogens (tertiary/aromatic N) is 4. The van der Waals surface area contributed by atoms with Gasteiger partial charge in [-0.1, -0.05) is 25.1 Å². The predicted octanol–water partition coefficient (Wildman–Crippen LogP) is 2.13. The molecule has 1 aromatic carbocycles. The molecule has 0 saturated heterocycles. The highest BCUT2D eigenvalue weighted by Gasteiger charge is 2.47. The minimum Gasteiger partial charge on any atom is -0.333 e. The Balaban J connectivity index is 1.46. The number of aromatic nitrogens is 3. The molecule has 0 spiro atoms. The Morgan fingerprint density at radius 3 is 2.91 bits per heavy atom. The molecule has 2 aliphatic rings. The molecule has 4 rings (SSSR count). The van der Waals surface area contributed by atoms with Crippen LogP contribution in [0.25, 0.3) is 0 Å². The molecular weight excluding hydrogens is 295 g/mol. The van der Waals surface area contributed by atoms with Crippen molar-refractivity contribution in [1.29, 1.82) is 0 Å². The zero-order valence-electron chi connectivity index (χ0n) is 13.1. The molecule has 6 heteroatoms. The second-order valence-corrected chi connectivity index (χ2v) is 6.27. The zero-order valence-corrected chi connectivity index (χ0v) is 13.1. The van der Waals surface area contributed by atoms with Gasteiger partial charge in [0.25, 0.3) is 0 Å². The largest absolute Gasteiger partial charge is 0.333 e. The highest BCUT2D eigenvalue weighted by molar-refractivity contribution is 5.83. The zero-order chi connectivity index (χ0) is 16.0. The maximum absolute atomic E-state index is 13.9. The van der Waals surface area contributed by atoms with Crippen LogP contribution in [0.2, 0.25) is 0 Å². The Morgan fingerprint density at radius 2 is 2.13 bits per heavy atom. The maximum Gasteiger partial charge on any atom is 0.226 e. The number of benzene rings is 1. The molecule has 0 radical (unpaired) electrons. The van der Waals surface area contributed by atoms with Gasteiger partial charge >= 0.3 is 0 Å². The number of carbonyl (C=O) groups is 1. The van der Waals surface area contributed by atoms with Gasteiger partial charge in [0.15, 0.2) is 5.82 Å². The van der Waals surface area contributed by atoms with Gasteiger partial charge in [-0.3, -0.25) is 4.79 Å². The summed E-state index contributed by atoms with van der Waals surface area (Å²) in [5.41, 5.74) is 0.666. The van der Waals surface area contributed by atoms with Crippen molar-refractivity contribution in [2.45, 2.75) is 38.8 Å². The SMILES string of the molecule is CCc1nnc2n1CCN(C(=O)[C@@H]1C[C@H]1c1ccccc1F)C2. The van der Waals surface area contributed by atoms with Crippen LogP contribution >= 0.6 is 0 Å². The van der Waals surface area contributed by atoms with Crippen LogP contribution < -0.4 is 0 Å². The Hall–Kier alpha value is -2.24. The first-order valence-corrected chi connectivity index (χ1v) is 8.13. The average Bonchev–Trinajstić information content (AvgIpc) is 3.26. The Bertz CT molecular complexity index is 757. The molecule has 0 N–H and O–H groups in total. The van der Waals surface area contributed by atoms with Crippen LogP contribution in [-0.4, -0.2) is 32.1 Å². The molecule has 2 heterocycles. The second kappa shape index (κ2) is 5.44. The molecule has 1 fully saturated rings. The number of amides is 1. The van der Waals surface area contributed by atoms with Crippen molar-refractivity contribution >= 4 is 5.91 Å². The number of hydrogen-bond donors (Lipinski definition) is 0. The summed E-state index contributed by atoms with van der Waals surface area (Å²) in [7, 11) is 0. The first kappa shape index (κ1) is 14.4. The van der Waals surface area contributed by atoms with Gasteiger partial charge in [-0.05, 0) is 24.0 Å². The smallest absolute Gasteiger partial charge is 0.226 e. The van der Waals surface area contributed by atoms with E-state index in [0.29, 0.717) is 18.7 Å². The highest BCUT2D eigenvalue weighted by Crippen LogP contribution is 2.49. The summed E-state index contributed by atoms with van der Waals surface area (Å²) in [6, 6.07) is 6.76. The van der Waals surface area contributed by atoms with E-state index in [4.69, 9.17) is 0 Å². The summed E-state index contributed by atoms with van der Waals surface area (Å²) in [6.07, 6.45) is 1.59. The molecule has 2 atom stereocenters. The highest BCUT2D eigenvalue weighted by atomic mass is 19.1. The quantitative estimate of drug-likeness (QED) is 0.872. The van der Waals surface area contributed by atoms with Gasteiger partial charge < -0.3 is 9.47 Å². The number of halogens is 1. The van der Waals surface area contributed by atoms with Gasteiger partial charge in [0, 0.05) is 25.4 Å². The Morgan fingerprint density at radius 1 is 1.30 bits per heavy atom. The molecule has 0 unspecified atom stereocenters. The second-order valence-electron chi connectivity index (χ2n) is 6.27. The van der Waals surface area contributed by atoms with Crippen molar-refractivity contribution in [3.8, 4) is 0 Å². The van der Waals surface area contributed by atoms with Crippen molar-refractivity contribution in [2.24, 2.45) is 5.92 Å². The number of fused-ring (bicyclic) bond motifs is 1. The van der Waals surface area contributed by atoms with Crippen LogP contribution in [0.1, 0.15) is 36.5 Å². The van der Waals surface area contributed by atoms with E-state index in [1.165, 1.54) is 6.07 Å². The van der Waals surface area contributed by atoms with Gasteiger partial charge in [-0.2, -0.15) is 0 Å². The van der Waals surface area contributed by atoms with E-state index >= 15 is 0 Å². The van der Waals surface area contributed by atoms with E-state index in [1.807, 2.05) is 11.0 Å². The van der Waals surface area contributed by atoms with E-state index in [2.05, 4.69) is 21.7 Å². The summed E-state index contributed by atoms with van der Waals surface area (Å²) in [4.78, 5) is 14.5. The molecule has 2 aromatic rings. The van der Waals surface area contributed by atoms with Crippen molar-refractivity contribution < 1.29 is 9.18 Å². The fourth-order valence-corrected chi connectivity index (χ4v) is 3.49. The van der Waals surface area contributed by atoms with E-state index in [-0.39, 0.29) is 23.6 Å². The van der Waals surface area contributed by atoms with Crippen LogP contribution in [0.5, 0.6) is 0 Å². The minimum atomic E-state index is -0.209. The van der Waals surface area contributed by atoms with Crippen molar-refractivity contribution in [2.75, 3.05) is 6.54 Å². The first-order valence-electron chi connectivity index (χ1n) is 8.13. The maximum atomic E-state index is 13.9. The third kappa shape index (κ3) is 2.42. The fraction of sp³-hybridized carbons (Fsp3) is 0.471. The lowest BCUT2D eigenvalue weighted by atomic mass is 10.1. The van der Waals surface area contributed by atoms with Crippen molar-refractivity contribution in [1.82, 2.24) is 19.7 Å². The lowest BCUT2D eigenvalue weighted by Gasteiger charge is -2.28. The number of rotatable bonds is 3. The van der Waals surface area contributed by atoms with E-state index < -0.39 is 0 Å². The standard InChI is InChI=1S/C17H19FN4O/c1-2-15-19-20-16-10-21(7-8-22(15)16)17(23)13-9-12(13)11-5-3-4-6-14(11)18/h3-6,12-13H,2,7-10H2,1H3/t12-,13+/m0/s1. The van der Waals surface area contributed by atoms with Crippen LogP contribution in [0.3, 0.4) is 0 Å². The predicted molar refractivity (Wildman–Crippen MR) is 82.1 cm³/mol. The Labute approximate surface area is 134 Å². The summed E-state index contributed by atoms with van der Waals surface area (Å²) in [5.74, 6) is 1.67. The molecule has 1 aliphatic carbocycles. The topological polar surface area (TPSA) is 51.0 Å². The first-order chi connectivity index (χ1) is 11.2. The van der Waals surface area contributed by atoms with Crippen molar-refractivity contribution in [3.05, 3.63) is 47.3 Å². The summed E-state index contributed by atoms with van der Waals surface area (Å²) in [5, 5.41) is 8.36. The minimum absolute atomic E-state index is 0.0229. The van der Waals surface area contributed by atoms with E-state index in [9.17, 15) is 9.18 Å². The van der Waals surface area contributed by atoms with E-state index in [0.717, 1.165) is 31.0 Å². The van der Waals surface area contributed by atoms with Crippen LogP contribution in [-0.2, 0) is 24.3 Å². The molecule has 0 bridgehead atoms. The van der Waals surface area contributed by atoms with Crippen LogP contribution in [0.4, 0.5) is 4.39 Å². The van der Waals surface area contributed by atoms with Gasteiger partial charge in [0.2, 0.25) is 5.91 Å². The lowest BCUT2D eigenvalue weighted by Crippen LogP contribution is -2.39. The van der Waals surface area contributed by atoms with Gasteiger partial charge in [-0.15, -0.1) is 10.2 Å². The summed E-state index contributed by atoms with van der Waals surface area (Å²) < 4.78 is 16.0. The molecule has 1 amide bonds. The monoisotopic (exact) mass is 314 g/mol. The van der Waals surface area contributed by atoms with Gasteiger partial charge in [-0.25, -0.2) is 4.39 Å². The molecule has 1 aromatic heterocycles. The van der Waals surface area contributed by atoms with E-state index in [1.54, 1.807) is 12.1 Å². The normalized spacial score (nSPS) is 22.8. The van der Waals surface area contributed by atoms with Crippen LogP contribution in [0, 0.1) is 11.7 Å². The van der Waals surface area contributed by atoms with Gasteiger partial charge in [0.05, 0.1) is 6.54 Å². The Kier molecular flexibility index (Phi) is 3.39. The third-order valence-electron chi connectivity index (χ3n) is 4.87. The number of aryl methyl sites for hydroxylation is 1. The molecule has 1 saturated carbocycles. The van der Waals surface area contributed by atoms with Crippen molar-refractivity contribution in [3.63, 3.8) is 0 Å². The third-order valence-corrected chi connectivity index (χ3v) is 4.87. The molecular formula is C17H19FN4O. The molecule has 5 nitrogen and oxygen atoms in total. The average molecular weight is 314 g/mol. The summed E-state index contributed by atoms with van der Waals surface area (Å²) in [6.45, 7) is 3.98. The number of carbonyl (C=O) groups excluding carboxylic acids is 1. The van der Waals surface area contributed by atoms with Crippen LogP contribution in [0.15, 0.2) is 24.3 Å². The molecule has 23 heavy (non-hydrogen) atoms. The molecule has 120 valence electrons. The fourth-order valence-electron chi connectivity index (χ4n) is 3.49. The number of hydrogen-bond acceptors (Lipinski definition) is 3. The lowest BCUT2D eigenvalue weighted by molar-refractivity contribution is -0.134. The summed E-state index contributed by atoms with van der Waals surface area (Å²) >= 11 is 0. The van der Waals surface area contributed by atoms with Gasteiger partial charge in [0.1, 0.15) is 11.6 Å². The molecule has 1 aliphatic heterocycles.